The Morgan fingerprint density at radius 3 is 2.44 bits per heavy atom. The third-order valence-corrected chi connectivity index (χ3v) is 7.10. The van der Waals surface area contributed by atoms with E-state index in [-0.39, 0.29) is 11.7 Å². The van der Waals surface area contributed by atoms with Gasteiger partial charge in [-0.25, -0.2) is 4.79 Å². The van der Waals surface area contributed by atoms with E-state index in [1.165, 1.54) is 6.08 Å². The number of para-hydroxylation sites is 2. The Balaban J connectivity index is 1.77. The number of ether oxygens (including phenoxy) is 2. The van der Waals surface area contributed by atoms with Crippen LogP contribution in [0.25, 0.3) is 0 Å². The lowest BCUT2D eigenvalue weighted by Gasteiger charge is -2.28. The molecule has 0 heterocycles. The summed E-state index contributed by atoms with van der Waals surface area (Å²) in [6.07, 6.45) is 1.65. The number of phenols is 1. The van der Waals surface area contributed by atoms with Crippen LogP contribution in [0.15, 0.2) is 86.2 Å². The maximum absolute atomic E-state index is 12.9. The van der Waals surface area contributed by atoms with Crippen molar-refractivity contribution in [2.75, 3.05) is 23.0 Å². The van der Waals surface area contributed by atoms with Gasteiger partial charge in [0.2, 0.25) is 5.91 Å². The van der Waals surface area contributed by atoms with Crippen molar-refractivity contribution < 1.29 is 24.2 Å². The third kappa shape index (κ3) is 9.38. The lowest BCUT2D eigenvalue weighted by atomic mass is 9.99. The summed E-state index contributed by atoms with van der Waals surface area (Å²) in [7, 11) is 0. The van der Waals surface area contributed by atoms with Gasteiger partial charge >= 0.3 is 6.09 Å². The molecule has 0 radical (unpaired) electrons. The fourth-order valence-electron chi connectivity index (χ4n) is 3.71. The van der Waals surface area contributed by atoms with E-state index < -0.39 is 18.3 Å². The van der Waals surface area contributed by atoms with Crippen LogP contribution in [0.4, 0.5) is 21.9 Å². The smallest absolute Gasteiger partial charge is 0.412 e. The van der Waals surface area contributed by atoms with Crippen molar-refractivity contribution in [1.29, 1.82) is 0 Å². The van der Waals surface area contributed by atoms with Crippen LogP contribution in [0, 0.1) is 0 Å². The number of hydrogen-bond donors (Lipinski definition) is 4. The highest BCUT2D eigenvalue weighted by Crippen LogP contribution is 2.39. The second kappa shape index (κ2) is 15.1. The van der Waals surface area contributed by atoms with Crippen LogP contribution in [0.3, 0.4) is 0 Å². The molecule has 8 nitrogen and oxygen atoms in total. The molecule has 0 aliphatic rings. The first kappa shape index (κ1) is 30.7. The normalized spacial score (nSPS) is 12.6. The van der Waals surface area contributed by atoms with Crippen molar-refractivity contribution in [2.24, 2.45) is 0 Å². The fourth-order valence-corrected chi connectivity index (χ4v) is 5.23. The Hall–Kier alpha value is -2.86. The van der Waals surface area contributed by atoms with E-state index in [0.717, 1.165) is 4.47 Å². The van der Waals surface area contributed by atoms with Crippen LogP contribution in [0.5, 0.6) is 5.75 Å². The number of hydrogen-bond acceptors (Lipinski definition) is 6. The minimum atomic E-state index is -0.958. The predicted molar refractivity (Wildman–Crippen MR) is 164 cm³/mol. The van der Waals surface area contributed by atoms with Crippen LogP contribution < -0.4 is 16.4 Å². The summed E-state index contributed by atoms with van der Waals surface area (Å²) in [5.41, 5.74) is 7.79. The number of anilines is 3. The number of halogens is 3. The van der Waals surface area contributed by atoms with E-state index >= 15 is 0 Å². The molecule has 3 aromatic rings. The van der Waals surface area contributed by atoms with Gasteiger partial charge in [0.1, 0.15) is 5.75 Å². The number of nitrogens with one attached hydrogen (secondary N) is 2. The Bertz CT molecular complexity index is 1320. The summed E-state index contributed by atoms with van der Waals surface area (Å²) < 4.78 is 13.8. The van der Waals surface area contributed by atoms with E-state index in [0.29, 0.717) is 51.0 Å². The zero-order valence-corrected chi connectivity index (χ0v) is 25.8. The summed E-state index contributed by atoms with van der Waals surface area (Å²) in [6, 6.07) is 17.4. The van der Waals surface area contributed by atoms with Gasteiger partial charge in [-0.15, -0.1) is 0 Å². The number of nitrogens with two attached hydrogens (primary N) is 1. The van der Waals surface area contributed by atoms with Crippen molar-refractivity contribution in [3.8, 4) is 5.75 Å². The van der Waals surface area contributed by atoms with Crippen LogP contribution >= 0.6 is 47.8 Å². The van der Waals surface area contributed by atoms with Gasteiger partial charge in [0.15, 0.2) is 6.10 Å². The number of rotatable bonds is 11. The fraction of sp³-hybridized carbons (Fsp3) is 0.214. The van der Waals surface area contributed by atoms with Gasteiger partial charge < -0.3 is 25.6 Å². The van der Waals surface area contributed by atoms with Gasteiger partial charge in [-0.05, 0) is 90.3 Å². The SMILES string of the molecule is CCO[C@H](CC/C=C/C(=O)Nc1ccccc1N)[C@H](OC(=O)Nc1ccc(Br)cc1)c1cc(Br)cc(Br)c1O. The van der Waals surface area contributed by atoms with Gasteiger partial charge in [0, 0.05) is 26.8 Å². The Kier molecular flexibility index (Phi) is 11.9. The van der Waals surface area contributed by atoms with Crippen molar-refractivity contribution in [3.63, 3.8) is 0 Å². The Labute approximate surface area is 252 Å². The average Bonchev–Trinajstić information content (AvgIpc) is 2.89. The third-order valence-electron chi connectivity index (χ3n) is 5.51. The average molecular weight is 726 g/mol. The summed E-state index contributed by atoms with van der Waals surface area (Å²) >= 11 is 10.1. The molecule has 0 aliphatic carbocycles. The minimum Gasteiger partial charge on any atom is -0.506 e. The molecule has 0 unspecified atom stereocenters. The van der Waals surface area contributed by atoms with Crippen LogP contribution in [-0.2, 0) is 14.3 Å². The van der Waals surface area contributed by atoms with E-state index in [1.807, 2.05) is 6.92 Å². The van der Waals surface area contributed by atoms with Crippen LogP contribution in [0.1, 0.15) is 31.4 Å². The Morgan fingerprint density at radius 1 is 1.03 bits per heavy atom. The first-order chi connectivity index (χ1) is 18.7. The maximum atomic E-state index is 12.9. The van der Waals surface area contributed by atoms with Gasteiger partial charge in [-0.3, -0.25) is 10.1 Å². The molecule has 3 aromatic carbocycles. The number of amides is 2. The number of benzene rings is 3. The van der Waals surface area contributed by atoms with Crippen LogP contribution in [0.2, 0.25) is 0 Å². The van der Waals surface area contributed by atoms with Crippen molar-refractivity contribution >= 4 is 76.9 Å². The molecule has 3 rings (SSSR count). The van der Waals surface area contributed by atoms with Gasteiger partial charge in [-0.2, -0.15) is 0 Å². The quantitative estimate of drug-likeness (QED) is 0.118. The first-order valence-corrected chi connectivity index (χ1v) is 14.4. The summed E-state index contributed by atoms with van der Waals surface area (Å²) in [6.45, 7) is 2.17. The summed E-state index contributed by atoms with van der Waals surface area (Å²) in [5, 5.41) is 16.3. The summed E-state index contributed by atoms with van der Waals surface area (Å²) in [4.78, 5) is 25.2. The number of allylic oxidation sites excluding steroid dienone is 1. The molecular formula is C28H28Br3N3O5. The molecule has 39 heavy (non-hydrogen) atoms. The predicted octanol–water partition coefficient (Wildman–Crippen LogP) is 7.93. The molecule has 2 amide bonds. The molecule has 2 atom stereocenters. The highest BCUT2D eigenvalue weighted by atomic mass is 79.9. The lowest BCUT2D eigenvalue weighted by Crippen LogP contribution is -2.29. The lowest BCUT2D eigenvalue weighted by molar-refractivity contribution is -0.111. The molecule has 0 bridgehead atoms. The molecule has 0 spiro atoms. The van der Waals surface area contributed by atoms with Crippen molar-refractivity contribution in [3.05, 3.63) is 91.8 Å². The van der Waals surface area contributed by atoms with Gasteiger partial charge in [0.05, 0.1) is 22.0 Å². The van der Waals surface area contributed by atoms with Crippen LogP contribution in [-0.4, -0.2) is 29.8 Å². The first-order valence-electron chi connectivity index (χ1n) is 12.0. The number of carbonyl (C=O) groups excluding carboxylic acids is 2. The number of carbonyl (C=O) groups is 2. The molecule has 11 heteroatoms. The standard InChI is InChI=1S/C28H28Br3N3O5/c1-2-38-24(9-5-6-10-25(35)34-23-8-4-3-7-22(23)32)27(20-15-18(30)16-21(31)26(20)36)39-28(37)33-19-13-11-17(29)12-14-19/h3-4,6-8,10-16,24,27,36H,2,5,9,32H2,1H3,(H,33,37)(H,34,35)/b10-6+/t24-,27-/m1/s1. The Morgan fingerprint density at radius 2 is 1.74 bits per heavy atom. The molecular weight excluding hydrogens is 698 g/mol. The number of phenolic OH excluding ortho intramolecular Hbond substituents is 1. The van der Waals surface area contributed by atoms with E-state index in [9.17, 15) is 14.7 Å². The molecule has 0 aromatic heterocycles. The largest absolute Gasteiger partial charge is 0.506 e. The summed E-state index contributed by atoms with van der Waals surface area (Å²) in [5.74, 6) is -0.393. The highest BCUT2D eigenvalue weighted by molar-refractivity contribution is 9.11. The molecule has 0 saturated carbocycles. The highest BCUT2D eigenvalue weighted by Gasteiger charge is 2.31. The molecule has 0 fully saturated rings. The maximum Gasteiger partial charge on any atom is 0.412 e. The second-order valence-corrected chi connectivity index (χ2v) is 11.0. The molecule has 0 aliphatic heterocycles. The van der Waals surface area contributed by atoms with E-state index in [1.54, 1.807) is 66.7 Å². The second-order valence-electron chi connectivity index (χ2n) is 8.33. The number of nitrogen functional groups attached to an aromatic ring is 1. The minimum absolute atomic E-state index is 0.0697. The van der Waals surface area contributed by atoms with Gasteiger partial charge in [0.25, 0.3) is 0 Å². The zero-order valence-electron chi connectivity index (χ0n) is 21.0. The van der Waals surface area contributed by atoms with Crippen molar-refractivity contribution in [1.82, 2.24) is 0 Å². The monoisotopic (exact) mass is 723 g/mol. The number of aromatic hydroxyl groups is 1. The van der Waals surface area contributed by atoms with E-state index in [2.05, 4.69) is 58.4 Å². The van der Waals surface area contributed by atoms with E-state index in [4.69, 9.17) is 15.2 Å². The topological polar surface area (TPSA) is 123 Å². The van der Waals surface area contributed by atoms with Crippen molar-refractivity contribution in [2.45, 2.75) is 32.0 Å². The zero-order chi connectivity index (χ0) is 28.4. The molecule has 5 N–H and O–H groups in total. The van der Waals surface area contributed by atoms with Gasteiger partial charge in [-0.1, -0.05) is 50.1 Å². The molecule has 0 saturated heterocycles. The molecule has 206 valence electrons.